The average Bonchev–Trinajstić information content (AvgIpc) is 2.48. The van der Waals surface area contributed by atoms with Crippen molar-refractivity contribution in [1.29, 1.82) is 10.8 Å². The molecule has 122 valence electrons. The average molecular weight is 323 g/mol. The highest BCUT2D eigenvalue weighted by molar-refractivity contribution is 5.85. The lowest BCUT2D eigenvalue weighted by Crippen LogP contribution is -2.38. The standard InChI is InChI=1S/C15H16F3N5/c1-9-3-5-11(6-4-9)10(2)21-13-8-7-12(19)23(22-13)14(20)15(16,17)18/h3-8,10,19-20H,1-2H3,(H,21,22). The molecule has 0 fully saturated rings. The summed E-state index contributed by atoms with van der Waals surface area (Å²) in [5.41, 5.74) is 1.54. The molecular formula is C15H16F3N5. The molecule has 2 rings (SSSR count). The Morgan fingerprint density at radius 2 is 1.78 bits per heavy atom. The van der Waals surface area contributed by atoms with Gasteiger partial charge in [0.15, 0.2) is 0 Å². The molecule has 1 aromatic heterocycles. The van der Waals surface area contributed by atoms with Gasteiger partial charge in [-0.2, -0.15) is 17.9 Å². The number of aromatic nitrogens is 2. The molecule has 1 unspecified atom stereocenters. The van der Waals surface area contributed by atoms with Crippen molar-refractivity contribution in [1.82, 2.24) is 9.78 Å². The Labute approximate surface area is 130 Å². The van der Waals surface area contributed by atoms with Gasteiger partial charge in [-0.3, -0.25) is 10.8 Å². The van der Waals surface area contributed by atoms with Crippen LogP contribution in [-0.4, -0.2) is 21.8 Å². The maximum absolute atomic E-state index is 12.6. The summed E-state index contributed by atoms with van der Waals surface area (Å²) >= 11 is 0. The molecule has 8 heteroatoms. The molecule has 1 atom stereocenters. The van der Waals surface area contributed by atoms with E-state index in [0.717, 1.165) is 17.2 Å². The van der Waals surface area contributed by atoms with E-state index in [1.165, 1.54) is 6.07 Å². The molecule has 5 nitrogen and oxygen atoms in total. The van der Waals surface area contributed by atoms with Gasteiger partial charge in [-0.25, -0.2) is 0 Å². The van der Waals surface area contributed by atoms with Crippen molar-refractivity contribution in [2.45, 2.75) is 26.1 Å². The topological polar surface area (TPSA) is 77.5 Å². The summed E-state index contributed by atoms with van der Waals surface area (Å²) in [6, 6.07) is 10.1. The summed E-state index contributed by atoms with van der Waals surface area (Å²) in [6.07, 6.45) is -4.87. The summed E-state index contributed by atoms with van der Waals surface area (Å²) in [6.45, 7) is 3.81. The molecule has 0 amide bonds. The molecule has 0 aliphatic heterocycles. The number of nitrogens with one attached hydrogen (secondary N) is 3. The molecule has 2 aromatic rings. The number of nitrogens with zero attached hydrogens (tertiary/aromatic N) is 2. The van der Waals surface area contributed by atoms with Crippen LogP contribution in [0.3, 0.4) is 0 Å². The van der Waals surface area contributed by atoms with Crippen LogP contribution in [0.25, 0.3) is 0 Å². The summed E-state index contributed by atoms with van der Waals surface area (Å²) in [4.78, 5) is 0. The molecule has 3 N–H and O–H groups in total. The number of hydrogen-bond acceptors (Lipinski definition) is 4. The molecule has 0 saturated carbocycles. The van der Waals surface area contributed by atoms with Gasteiger partial charge in [0.2, 0.25) is 5.84 Å². The highest BCUT2D eigenvalue weighted by Gasteiger charge is 2.37. The predicted molar refractivity (Wildman–Crippen MR) is 80.5 cm³/mol. The molecule has 1 aromatic carbocycles. The van der Waals surface area contributed by atoms with E-state index < -0.39 is 17.5 Å². The third kappa shape index (κ3) is 3.97. The largest absolute Gasteiger partial charge is 0.451 e. The van der Waals surface area contributed by atoms with Crippen molar-refractivity contribution >= 4 is 11.7 Å². The quantitative estimate of drug-likeness (QED) is 0.599. The fourth-order valence-corrected chi connectivity index (χ4v) is 1.95. The highest BCUT2D eigenvalue weighted by atomic mass is 19.4. The number of halogens is 3. The van der Waals surface area contributed by atoms with Crippen molar-refractivity contribution in [2.24, 2.45) is 0 Å². The van der Waals surface area contributed by atoms with Gasteiger partial charge in [0, 0.05) is 6.04 Å². The van der Waals surface area contributed by atoms with Crippen LogP contribution in [0.1, 0.15) is 24.1 Å². The van der Waals surface area contributed by atoms with Gasteiger partial charge in [0.05, 0.1) is 0 Å². The van der Waals surface area contributed by atoms with E-state index in [-0.39, 0.29) is 16.5 Å². The Bertz CT molecular complexity index is 762. The number of anilines is 1. The van der Waals surface area contributed by atoms with Gasteiger partial charge < -0.3 is 5.32 Å². The van der Waals surface area contributed by atoms with E-state index in [4.69, 9.17) is 10.8 Å². The van der Waals surface area contributed by atoms with Gasteiger partial charge in [-0.15, -0.1) is 5.10 Å². The minimum absolute atomic E-state index is 0.156. The maximum atomic E-state index is 12.6. The smallest absolute Gasteiger partial charge is 0.362 e. The normalized spacial score (nSPS) is 12.7. The highest BCUT2D eigenvalue weighted by Crippen LogP contribution is 2.19. The maximum Gasteiger partial charge on any atom is 0.451 e. The zero-order chi connectivity index (χ0) is 17.2. The van der Waals surface area contributed by atoms with Crippen LogP contribution in [0.4, 0.5) is 19.0 Å². The Balaban J connectivity index is 2.26. The van der Waals surface area contributed by atoms with Gasteiger partial charge in [0.25, 0.3) is 0 Å². The lowest BCUT2D eigenvalue weighted by atomic mass is 10.1. The Hall–Kier alpha value is -2.64. The first-order chi connectivity index (χ1) is 10.7. The third-order valence-electron chi connectivity index (χ3n) is 3.26. The molecular weight excluding hydrogens is 307 g/mol. The number of rotatable bonds is 3. The van der Waals surface area contributed by atoms with Crippen molar-refractivity contribution < 1.29 is 13.2 Å². The monoisotopic (exact) mass is 323 g/mol. The molecule has 23 heavy (non-hydrogen) atoms. The first-order valence-corrected chi connectivity index (χ1v) is 6.82. The second-order valence-corrected chi connectivity index (χ2v) is 5.14. The fraction of sp³-hybridized carbons (Fsp3) is 0.267. The predicted octanol–water partition coefficient (Wildman–Crippen LogP) is 3.23. The zero-order valence-electron chi connectivity index (χ0n) is 12.6. The molecule has 1 heterocycles. The van der Waals surface area contributed by atoms with E-state index in [0.29, 0.717) is 0 Å². The van der Waals surface area contributed by atoms with Crippen LogP contribution in [0.2, 0.25) is 0 Å². The van der Waals surface area contributed by atoms with Crippen molar-refractivity contribution in [2.75, 3.05) is 5.32 Å². The first kappa shape index (κ1) is 16.7. The molecule has 0 aliphatic carbocycles. The van der Waals surface area contributed by atoms with Crippen LogP contribution in [-0.2, 0) is 0 Å². The summed E-state index contributed by atoms with van der Waals surface area (Å²) in [7, 11) is 0. The van der Waals surface area contributed by atoms with Crippen molar-refractivity contribution in [3.63, 3.8) is 0 Å². The van der Waals surface area contributed by atoms with E-state index in [2.05, 4.69) is 10.4 Å². The summed E-state index contributed by atoms with van der Waals surface area (Å²) in [5.74, 6) is -1.54. The van der Waals surface area contributed by atoms with Crippen LogP contribution in [0.15, 0.2) is 36.4 Å². The summed E-state index contributed by atoms with van der Waals surface area (Å²) in [5, 5.41) is 21.3. The van der Waals surface area contributed by atoms with Gasteiger partial charge in [0.1, 0.15) is 11.3 Å². The Kier molecular flexibility index (Phi) is 4.53. The van der Waals surface area contributed by atoms with Gasteiger partial charge in [-0.05, 0) is 31.5 Å². The van der Waals surface area contributed by atoms with E-state index >= 15 is 0 Å². The summed E-state index contributed by atoms with van der Waals surface area (Å²) < 4.78 is 38.1. The van der Waals surface area contributed by atoms with E-state index in [1.807, 2.05) is 38.1 Å². The Morgan fingerprint density at radius 1 is 1.17 bits per heavy atom. The molecule has 0 radical (unpaired) electrons. The van der Waals surface area contributed by atoms with Crippen LogP contribution in [0, 0.1) is 17.7 Å². The second-order valence-electron chi connectivity index (χ2n) is 5.14. The molecule has 0 spiro atoms. The zero-order valence-corrected chi connectivity index (χ0v) is 12.6. The minimum atomic E-state index is -4.87. The number of aryl methyl sites for hydroxylation is 1. The van der Waals surface area contributed by atoms with E-state index in [9.17, 15) is 13.2 Å². The van der Waals surface area contributed by atoms with Gasteiger partial charge >= 0.3 is 6.18 Å². The first-order valence-electron chi connectivity index (χ1n) is 6.82. The minimum Gasteiger partial charge on any atom is -0.362 e. The number of hydrogen-bond donors (Lipinski definition) is 3. The number of benzene rings is 1. The second kappa shape index (κ2) is 6.23. The lowest BCUT2D eigenvalue weighted by Gasteiger charge is -2.17. The van der Waals surface area contributed by atoms with E-state index in [1.54, 1.807) is 0 Å². The molecule has 0 aliphatic rings. The fourth-order valence-electron chi connectivity index (χ4n) is 1.95. The van der Waals surface area contributed by atoms with Crippen LogP contribution < -0.4 is 10.8 Å². The number of alkyl halides is 3. The van der Waals surface area contributed by atoms with Crippen molar-refractivity contribution in [3.05, 3.63) is 53.0 Å². The van der Waals surface area contributed by atoms with Crippen LogP contribution >= 0.6 is 0 Å². The van der Waals surface area contributed by atoms with Gasteiger partial charge in [-0.1, -0.05) is 29.8 Å². The SMILES string of the molecule is Cc1ccc(C(C)Nc2ccc(=N)n(C(=N)C(F)(F)F)n2)cc1. The third-order valence-corrected chi connectivity index (χ3v) is 3.26. The molecule has 0 saturated heterocycles. The lowest BCUT2D eigenvalue weighted by molar-refractivity contribution is -0.0632. The molecule has 0 bridgehead atoms. The Morgan fingerprint density at radius 3 is 2.35 bits per heavy atom. The van der Waals surface area contributed by atoms with Crippen molar-refractivity contribution in [3.8, 4) is 0 Å². The van der Waals surface area contributed by atoms with Crippen LogP contribution in [0.5, 0.6) is 0 Å².